The lowest BCUT2D eigenvalue weighted by Gasteiger charge is -2.08. The van der Waals surface area contributed by atoms with Gasteiger partial charge in [-0.1, -0.05) is 48.5 Å². The van der Waals surface area contributed by atoms with Crippen molar-refractivity contribution in [1.82, 2.24) is 4.57 Å². The first-order valence-electron chi connectivity index (χ1n) is 8.56. The van der Waals surface area contributed by atoms with E-state index in [2.05, 4.69) is 77.5 Å². The van der Waals surface area contributed by atoms with Gasteiger partial charge < -0.3 is 9.30 Å². The molecule has 3 aromatic carbocycles. The zero-order valence-corrected chi connectivity index (χ0v) is 14.4. The lowest BCUT2D eigenvalue weighted by molar-refractivity contribution is 0.414. The van der Waals surface area contributed by atoms with E-state index in [-0.39, 0.29) is 0 Å². The SMILES string of the molecule is COc1cccc(Cn2ccc3cc(Cc4ccccc4)ccc32)c1. The van der Waals surface area contributed by atoms with Gasteiger partial charge in [-0.3, -0.25) is 0 Å². The fraction of sp³-hybridized carbons (Fsp3) is 0.130. The molecule has 0 spiro atoms. The molecule has 2 nitrogen and oxygen atoms in total. The monoisotopic (exact) mass is 327 g/mol. The molecule has 0 saturated carbocycles. The zero-order chi connectivity index (χ0) is 17.1. The molecule has 0 aliphatic rings. The fourth-order valence-electron chi connectivity index (χ4n) is 3.30. The van der Waals surface area contributed by atoms with Gasteiger partial charge in [0.1, 0.15) is 5.75 Å². The van der Waals surface area contributed by atoms with Crippen LogP contribution in [0.3, 0.4) is 0 Å². The highest BCUT2D eigenvalue weighted by atomic mass is 16.5. The Balaban J connectivity index is 1.59. The third-order valence-corrected chi connectivity index (χ3v) is 4.57. The minimum Gasteiger partial charge on any atom is -0.497 e. The summed E-state index contributed by atoms with van der Waals surface area (Å²) in [5.74, 6) is 0.902. The third-order valence-electron chi connectivity index (χ3n) is 4.57. The Labute approximate surface area is 148 Å². The van der Waals surface area contributed by atoms with Gasteiger partial charge in [-0.2, -0.15) is 0 Å². The molecule has 0 saturated heterocycles. The highest BCUT2D eigenvalue weighted by molar-refractivity contribution is 5.81. The van der Waals surface area contributed by atoms with Crippen molar-refractivity contribution in [2.75, 3.05) is 7.11 Å². The first-order chi connectivity index (χ1) is 12.3. The van der Waals surface area contributed by atoms with Crippen LogP contribution in [0.4, 0.5) is 0 Å². The maximum atomic E-state index is 5.32. The van der Waals surface area contributed by atoms with Gasteiger partial charge in [0.15, 0.2) is 0 Å². The lowest BCUT2D eigenvalue weighted by atomic mass is 10.0. The number of benzene rings is 3. The summed E-state index contributed by atoms with van der Waals surface area (Å²) in [7, 11) is 1.71. The van der Waals surface area contributed by atoms with Crippen molar-refractivity contribution in [3.05, 3.63) is 102 Å². The van der Waals surface area contributed by atoms with Crippen molar-refractivity contribution in [3.8, 4) is 5.75 Å². The molecule has 4 aromatic rings. The summed E-state index contributed by atoms with van der Waals surface area (Å²) >= 11 is 0. The van der Waals surface area contributed by atoms with E-state index in [0.29, 0.717) is 0 Å². The zero-order valence-electron chi connectivity index (χ0n) is 14.4. The van der Waals surface area contributed by atoms with Gasteiger partial charge in [0, 0.05) is 18.3 Å². The number of fused-ring (bicyclic) bond motifs is 1. The lowest BCUT2D eigenvalue weighted by Crippen LogP contribution is -1.98. The molecule has 0 N–H and O–H groups in total. The van der Waals surface area contributed by atoms with Crippen LogP contribution in [-0.4, -0.2) is 11.7 Å². The number of ether oxygens (including phenoxy) is 1. The van der Waals surface area contributed by atoms with E-state index >= 15 is 0 Å². The summed E-state index contributed by atoms with van der Waals surface area (Å²) < 4.78 is 7.61. The molecule has 1 aromatic heterocycles. The molecule has 0 bridgehead atoms. The third kappa shape index (κ3) is 3.43. The first kappa shape index (κ1) is 15.5. The molecule has 0 atom stereocenters. The van der Waals surface area contributed by atoms with Gasteiger partial charge in [-0.05, 0) is 58.8 Å². The van der Waals surface area contributed by atoms with Crippen molar-refractivity contribution in [2.24, 2.45) is 0 Å². The van der Waals surface area contributed by atoms with Crippen LogP contribution in [0.1, 0.15) is 16.7 Å². The first-order valence-corrected chi connectivity index (χ1v) is 8.56. The quantitative estimate of drug-likeness (QED) is 0.486. The summed E-state index contributed by atoms with van der Waals surface area (Å²) in [6.45, 7) is 0.846. The van der Waals surface area contributed by atoms with E-state index in [9.17, 15) is 0 Å². The number of methoxy groups -OCH3 is 1. The topological polar surface area (TPSA) is 14.2 Å². The molecule has 124 valence electrons. The average Bonchev–Trinajstić information content (AvgIpc) is 3.05. The number of nitrogens with zero attached hydrogens (tertiary/aromatic N) is 1. The molecular formula is C23H21NO. The molecular weight excluding hydrogens is 306 g/mol. The van der Waals surface area contributed by atoms with Crippen LogP contribution in [-0.2, 0) is 13.0 Å². The summed E-state index contributed by atoms with van der Waals surface area (Å²) in [5.41, 5.74) is 5.19. The predicted octanol–water partition coefficient (Wildman–Crippen LogP) is 5.29. The van der Waals surface area contributed by atoms with Gasteiger partial charge in [-0.25, -0.2) is 0 Å². The Morgan fingerprint density at radius 1 is 0.760 bits per heavy atom. The van der Waals surface area contributed by atoms with E-state index in [1.54, 1.807) is 7.11 Å². The van der Waals surface area contributed by atoms with Crippen LogP contribution >= 0.6 is 0 Å². The van der Waals surface area contributed by atoms with Crippen molar-refractivity contribution < 1.29 is 4.74 Å². The average molecular weight is 327 g/mol. The Bertz CT molecular complexity index is 985. The molecule has 4 rings (SSSR count). The molecule has 0 amide bonds. The molecule has 0 aliphatic heterocycles. The number of rotatable bonds is 5. The molecule has 0 unspecified atom stereocenters. The van der Waals surface area contributed by atoms with Crippen LogP contribution < -0.4 is 4.74 Å². The standard InChI is InChI=1S/C23H21NO/c1-25-22-9-5-8-20(16-22)17-24-13-12-21-15-19(10-11-23(21)24)14-18-6-3-2-4-7-18/h2-13,15-16H,14,17H2,1H3. The summed E-state index contributed by atoms with van der Waals surface area (Å²) in [5, 5.41) is 1.29. The number of aromatic nitrogens is 1. The Kier molecular flexibility index (Phi) is 4.26. The molecule has 0 fully saturated rings. The summed E-state index contributed by atoms with van der Waals surface area (Å²) in [6, 6.07) is 27.8. The Morgan fingerprint density at radius 3 is 2.44 bits per heavy atom. The second kappa shape index (κ2) is 6.86. The van der Waals surface area contributed by atoms with E-state index < -0.39 is 0 Å². The van der Waals surface area contributed by atoms with Crippen LogP contribution in [0.2, 0.25) is 0 Å². The second-order valence-corrected chi connectivity index (χ2v) is 6.35. The normalized spacial score (nSPS) is 10.9. The van der Waals surface area contributed by atoms with E-state index in [0.717, 1.165) is 18.7 Å². The van der Waals surface area contributed by atoms with Crippen LogP contribution in [0.25, 0.3) is 10.9 Å². The number of hydrogen-bond donors (Lipinski definition) is 0. The molecule has 2 heteroatoms. The molecule has 0 aliphatic carbocycles. The van der Waals surface area contributed by atoms with Gasteiger partial charge in [0.2, 0.25) is 0 Å². The largest absolute Gasteiger partial charge is 0.497 e. The van der Waals surface area contributed by atoms with E-state index in [4.69, 9.17) is 4.74 Å². The van der Waals surface area contributed by atoms with Crippen LogP contribution in [0.5, 0.6) is 5.75 Å². The Morgan fingerprint density at radius 2 is 1.60 bits per heavy atom. The van der Waals surface area contributed by atoms with E-state index in [1.165, 1.54) is 27.6 Å². The van der Waals surface area contributed by atoms with Gasteiger partial charge >= 0.3 is 0 Å². The van der Waals surface area contributed by atoms with Crippen molar-refractivity contribution >= 4 is 10.9 Å². The predicted molar refractivity (Wildman–Crippen MR) is 103 cm³/mol. The highest BCUT2D eigenvalue weighted by Gasteiger charge is 2.05. The van der Waals surface area contributed by atoms with Crippen LogP contribution in [0.15, 0.2) is 85.1 Å². The number of hydrogen-bond acceptors (Lipinski definition) is 1. The van der Waals surface area contributed by atoms with Gasteiger partial charge in [-0.15, -0.1) is 0 Å². The fourth-order valence-corrected chi connectivity index (χ4v) is 3.30. The minimum atomic E-state index is 0.846. The van der Waals surface area contributed by atoms with Crippen molar-refractivity contribution in [2.45, 2.75) is 13.0 Å². The Hall–Kier alpha value is -3.00. The van der Waals surface area contributed by atoms with Crippen molar-refractivity contribution in [1.29, 1.82) is 0 Å². The molecule has 25 heavy (non-hydrogen) atoms. The van der Waals surface area contributed by atoms with Crippen LogP contribution in [0, 0.1) is 0 Å². The molecule has 0 radical (unpaired) electrons. The summed E-state index contributed by atoms with van der Waals surface area (Å²) in [6.07, 6.45) is 3.13. The van der Waals surface area contributed by atoms with Crippen molar-refractivity contribution in [3.63, 3.8) is 0 Å². The maximum Gasteiger partial charge on any atom is 0.119 e. The van der Waals surface area contributed by atoms with E-state index in [1.807, 2.05) is 12.1 Å². The van der Waals surface area contributed by atoms with Gasteiger partial charge in [0.25, 0.3) is 0 Å². The highest BCUT2D eigenvalue weighted by Crippen LogP contribution is 2.22. The second-order valence-electron chi connectivity index (χ2n) is 6.35. The minimum absolute atomic E-state index is 0.846. The smallest absolute Gasteiger partial charge is 0.119 e. The maximum absolute atomic E-state index is 5.32. The summed E-state index contributed by atoms with van der Waals surface area (Å²) in [4.78, 5) is 0. The molecule has 1 heterocycles. The van der Waals surface area contributed by atoms with Gasteiger partial charge in [0.05, 0.1) is 7.11 Å².